The molecule has 0 aliphatic carbocycles. The van der Waals surface area contributed by atoms with Crippen molar-refractivity contribution >= 4 is 39.3 Å². The summed E-state index contributed by atoms with van der Waals surface area (Å²) in [6.45, 7) is 6.20. The lowest BCUT2D eigenvalue weighted by Gasteiger charge is -2.16. The second kappa shape index (κ2) is 12.9. The van der Waals surface area contributed by atoms with Gasteiger partial charge in [-0.1, -0.05) is 96.6 Å². The maximum Gasteiger partial charge on any atom is 0.268 e. The van der Waals surface area contributed by atoms with Gasteiger partial charge in [-0.05, 0) is 97.6 Å². The van der Waals surface area contributed by atoms with E-state index in [-0.39, 0.29) is 11.8 Å². The minimum atomic E-state index is -0.342. The van der Waals surface area contributed by atoms with Gasteiger partial charge in [0.05, 0.1) is 45.2 Å². The molecule has 0 fully saturated rings. The number of fused-ring (bicyclic) bond motifs is 4. The molecule has 0 atom stereocenters. The number of para-hydroxylation sites is 1. The van der Waals surface area contributed by atoms with Crippen molar-refractivity contribution in [1.82, 2.24) is 4.57 Å². The second-order valence-corrected chi connectivity index (χ2v) is 12.2. The van der Waals surface area contributed by atoms with E-state index in [1.54, 1.807) is 12.1 Å². The molecule has 236 valence electrons. The van der Waals surface area contributed by atoms with Crippen LogP contribution in [0.5, 0.6) is 0 Å². The van der Waals surface area contributed by atoms with E-state index in [1.165, 1.54) is 10.5 Å². The average Bonchev–Trinajstić information content (AvgIpc) is 3.62. The van der Waals surface area contributed by atoms with Crippen LogP contribution in [-0.4, -0.2) is 16.4 Å². The first-order valence-corrected chi connectivity index (χ1v) is 16.2. The molecule has 0 unspecified atom stereocenters. The predicted octanol–water partition coefficient (Wildman–Crippen LogP) is 10.8. The van der Waals surface area contributed by atoms with E-state index in [4.69, 9.17) is 0 Å². The highest BCUT2D eigenvalue weighted by Crippen LogP contribution is 2.39. The summed E-state index contributed by atoms with van der Waals surface area (Å²) in [4.78, 5) is 29.3. The number of nitriles is 1. The maximum atomic E-state index is 14.2. The quantitative estimate of drug-likeness (QED) is 0.143. The number of benzene rings is 6. The third-order valence-electron chi connectivity index (χ3n) is 8.94. The number of imide groups is 1. The summed E-state index contributed by atoms with van der Waals surface area (Å²) in [7, 11) is 0. The first-order chi connectivity index (χ1) is 23.9. The number of rotatable bonds is 4. The Bertz CT molecular complexity index is 2460. The minimum Gasteiger partial charge on any atom is -0.308 e. The molecule has 0 saturated carbocycles. The SMILES string of the molecule is CC=C(C)C.N#Cc1ccc(-c2ccc3c(c2)c2ccccc2n3-c2cccc3c2C(=O)N(c2cccc(-c4ccccc4)c2)C3=O)cc1. The Labute approximate surface area is 285 Å². The summed E-state index contributed by atoms with van der Waals surface area (Å²) in [6.07, 6.45) is 2.08. The minimum absolute atomic E-state index is 0.332. The number of carbonyl (C=O) groups is 2. The molecule has 2 amide bonds. The first-order valence-electron chi connectivity index (χ1n) is 16.2. The number of hydrogen-bond donors (Lipinski definition) is 0. The van der Waals surface area contributed by atoms with Crippen LogP contribution in [0.3, 0.4) is 0 Å². The molecule has 8 rings (SSSR count). The number of nitrogens with zero attached hydrogens (tertiary/aromatic N) is 3. The zero-order valence-corrected chi connectivity index (χ0v) is 27.5. The van der Waals surface area contributed by atoms with Crippen molar-refractivity contribution in [3.05, 3.63) is 168 Å². The van der Waals surface area contributed by atoms with E-state index in [0.717, 1.165) is 44.1 Å². The van der Waals surface area contributed by atoms with Crippen molar-refractivity contribution in [1.29, 1.82) is 5.26 Å². The molecule has 0 N–H and O–H groups in total. The van der Waals surface area contributed by atoms with Gasteiger partial charge < -0.3 is 4.57 Å². The summed E-state index contributed by atoms with van der Waals surface area (Å²) in [5.74, 6) is -0.674. The number of allylic oxidation sites excluding steroid dienone is 2. The third-order valence-corrected chi connectivity index (χ3v) is 8.94. The van der Waals surface area contributed by atoms with Gasteiger partial charge in [0.2, 0.25) is 0 Å². The van der Waals surface area contributed by atoms with E-state index >= 15 is 0 Å². The lowest BCUT2D eigenvalue weighted by Crippen LogP contribution is -2.29. The van der Waals surface area contributed by atoms with E-state index in [9.17, 15) is 14.9 Å². The van der Waals surface area contributed by atoms with Gasteiger partial charge in [-0.15, -0.1) is 0 Å². The van der Waals surface area contributed by atoms with Gasteiger partial charge in [0.1, 0.15) is 0 Å². The Hall–Kier alpha value is -6.51. The molecule has 1 aliphatic rings. The molecule has 0 bridgehead atoms. The molecule has 1 aliphatic heterocycles. The van der Waals surface area contributed by atoms with Crippen LogP contribution in [0, 0.1) is 11.3 Å². The van der Waals surface area contributed by atoms with Crippen LogP contribution in [0.2, 0.25) is 0 Å². The van der Waals surface area contributed by atoms with Crippen molar-refractivity contribution in [2.75, 3.05) is 4.90 Å². The summed E-state index contributed by atoms with van der Waals surface area (Å²) in [6, 6.07) is 47.0. The molecule has 7 aromatic rings. The Morgan fingerprint density at radius 3 is 1.96 bits per heavy atom. The van der Waals surface area contributed by atoms with Crippen LogP contribution in [0.4, 0.5) is 5.69 Å². The molecule has 5 heteroatoms. The lowest BCUT2D eigenvalue weighted by molar-refractivity contribution is 0.0926. The molecular weight excluding hydrogens is 603 g/mol. The number of hydrogen-bond acceptors (Lipinski definition) is 3. The third kappa shape index (κ3) is 5.60. The molecule has 5 nitrogen and oxygen atoms in total. The van der Waals surface area contributed by atoms with E-state index in [2.05, 4.69) is 54.8 Å². The number of anilines is 1. The van der Waals surface area contributed by atoms with Crippen molar-refractivity contribution in [3.63, 3.8) is 0 Å². The van der Waals surface area contributed by atoms with E-state index < -0.39 is 0 Å². The van der Waals surface area contributed by atoms with E-state index in [0.29, 0.717) is 28.1 Å². The summed E-state index contributed by atoms with van der Waals surface area (Å²) >= 11 is 0. The normalized spacial score (nSPS) is 12.0. The molecule has 0 radical (unpaired) electrons. The van der Waals surface area contributed by atoms with Gasteiger partial charge in [-0.2, -0.15) is 5.26 Å². The molecule has 6 aromatic carbocycles. The Kier molecular flexibility index (Phi) is 8.22. The van der Waals surface area contributed by atoms with Crippen LogP contribution >= 0.6 is 0 Å². The highest BCUT2D eigenvalue weighted by Gasteiger charge is 2.39. The molecule has 0 saturated heterocycles. The zero-order valence-electron chi connectivity index (χ0n) is 27.5. The van der Waals surface area contributed by atoms with Crippen molar-refractivity contribution < 1.29 is 9.59 Å². The monoisotopic (exact) mass is 635 g/mol. The highest BCUT2D eigenvalue weighted by molar-refractivity contribution is 6.36. The van der Waals surface area contributed by atoms with Gasteiger partial charge in [-0.25, -0.2) is 4.90 Å². The summed E-state index contributed by atoms with van der Waals surface area (Å²) < 4.78 is 2.08. The van der Waals surface area contributed by atoms with Crippen LogP contribution in [0.1, 0.15) is 47.1 Å². The Morgan fingerprint density at radius 1 is 0.612 bits per heavy atom. The molecule has 49 heavy (non-hydrogen) atoms. The van der Waals surface area contributed by atoms with Crippen molar-refractivity contribution in [2.45, 2.75) is 20.8 Å². The van der Waals surface area contributed by atoms with Crippen LogP contribution in [0.15, 0.2) is 151 Å². The Balaban J connectivity index is 0.000000707. The van der Waals surface area contributed by atoms with E-state index in [1.807, 2.05) is 110 Å². The smallest absolute Gasteiger partial charge is 0.268 e. The highest BCUT2D eigenvalue weighted by atomic mass is 16.2. The second-order valence-electron chi connectivity index (χ2n) is 12.2. The first kappa shape index (κ1) is 31.1. The van der Waals surface area contributed by atoms with Crippen molar-refractivity contribution in [3.8, 4) is 34.0 Å². The zero-order chi connectivity index (χ0) is 34.1. The molecule has 2 heterocycles. The average molecular weight is 636 g/mol. The molecular formula is C44H33N3O2. The maximum absolute atomic E-state index is 14.2. The summed E-state index contributed by atoms with van der Waals surface area (Å²) in [5, 5.41) is 11.3. The van der Waals surface area contributed by atoms with Crippen molar-refractivity contribution in [2.24, 2.45) is 0 Å². The Morgan fingerprint density at radius 2 is 1.22 bits per heavy atom. The lowest BCUT2D eigenvalue weighted by atomic mass is 10.0. The fourth-order valence-electron chi connectivity index (χ4n) is 6.29. The number of aromatic nitrogens is 1. The fraction of sp³-hybridized carbons (Fsp3) is 0.0682. The van der Waals surface area contributed by atoms with Gasteiger partial charge in [0.15, 0.2) is 0 Å². The van der Waals surface area contributed by atoms with Crippen LogP contribution < -0.4 is 4.90 Å². The number of amides is 2. The standard InChI is InChI=1S/C39H23N3O2.C5H10/c40-24-25-16-18-27(19-17-25)29-20-21-35-33(23-29)31-12-4-5-14-34(31)42(35)36-15-7-13-32-37(36)39(44)41(38(32)43)30-11-6-10-28(22-30)26-8-2-1-3-9-26;1-4-5(2)3/h1-23H;4H,1-3H3. The fourth-order valence-corrected chi connectivity index (χ4v) is 6.29. The van der Waals surface area contributed by atoms with Gasteiger partial charge in [0, 0.05) is 10.8 Å². The van der Waals surface area contributed by atoms with Gasteiger partial charge in [0.25, 0.3) is 11.8 Å². The largest absolute Gasteiger partial charge is 0.308 e. The van der Waals surface area contributed by atoms with Gasteiger partial charge in [-0.3, -0.25) is 9.59 Å². The van der Waals surface area contributed by atoms with Crippen LogP contribution in [-0.2, 0) is 0 Å². The number of carbonyl (C=O) groups excluding carboxylic acids is 2. The topological polar surface area (TPSA) is 66.1 Å². The van der Waals surface area contributed by atoms with Gasteiger partial charge >= 0.3 is 0 Å². The molecule has 1 aromatic heterocycles. The summed E-state index contributed by atoms with van der Waals surface area (Å²) in [5.41, 5.74) is 9.83. The van der Waals surface area contributed by atoms with Crippen LogP contribution in [0.25, 0.3) is 49.7 Å². The molecule has 0 spiro atoms. The predicted molar refractivity (Wildman–Crippen MR) is 199 cm³/mol.